The maximum Gasteiger partial charge on any atom is 0.300 e. The van der Waals surface area contributed by atoms with Crippen molar-refractivity contribution in [2.24, 2.45) is 7.05 Å². The van der Waals surface area contributed by atoms with Crippen LogP contribution in [-0.4, -0.2) is 28.0 Å². The lowest BCUT2D eigenvalue weighted by molar-refractivity contribution is -0.132. The highest BCUT2D eigenvalue weighted by molar-refractivity contribution is 6.51. The van der Waals surface area contributed by atoms with E-state index >= 15 is 0 Å². The molecule has 0 aliphatic carbocycles. The topological polar surface area (TPSA) is 71.8 Å². The molecular weight excluding hydrogens is 452 g/mol. The van der Waals surface area contributed by atoms with Crippen LogP contribution in [-0.2, 0) is 16.6 Å². The Morgan fingerprint density at radius 3 is 2.39 bits per heavy atom. The minimum absolute atomic E-state index is 0.0683. The van der Waals surface area contributed by atoms with E-state index in [0.717, 1.165) is 27.6 Å². The van der Waals surface area contributed by atoms with E-state index in [1.165, 1.54) is 4.90 Å². The Morgan fingerprint density at radius 1 is 0.972 bits per heavy atom. The summed E-state index contributed by atoms with van der Waals surface area (Å²) in [6, 6.07) is 19.6. The van der Waals surface area contributed by atoms with Crippen LogP contribution < -0.4 is 9.64 Å². The first-order valence-electron chi connectivity index (χ1n) is 12.0. The first-order chi connectivity index (χ1) is 17.3. The Balaban J connectivity index is 1.76. The molecule has 4 aromatic rings. The molecule has 3 aromatic carbocycles. The van der Waals surface area contributed by atoms with Crippen molar-refractivity contribution in [1.29, 1.82) is 0 Å². The van der Waals surface area contributed by atoms with Gasteiger partial charge in [0.15, 0.2) is 0 Å². The van der Waals surface area contributed by atoms with E-state index in [9.17, 15) is 14.7 Å². The van der Waals surface area contributed by atoms with E-state index < -0.39 is 17.7 Å². The van der Waals surface area contributed by atoms with Crippen LogP contribution in [0, 0.1) is 13.8 Å². The number of ketones is 1. The van der Waals surface area contributed by atoms with Gasteiger partial charge in [0, 0.05) is 41.0 Å². The minimum Gasteiger partial charge on any atom is -0.507 e. The second kappa shape index (κ2) is 9.04. The Bertz CT molecular complexity index is 1530. The zero-order valence-electron chi connectivity index (χ0n) is 20.8. The molecule has 0 bridgehead atoms. The van der Waals surface area contributed by atoms with Crippen molar-refractivity contribution >= 4 is 34.0 Å². The summed E-state index contributed by atoms with van der Waals surface area (Å²) in [6.45, 7) is 6.39. The van der Waals surface area contributed by atoms with Gasteiger partial charge in [0.1, 0.15) is 11.5 Å². The molecule has 0 radical (unpaired) electrons. The molecule has 0 spiro atoms. The standard InChI is InChI=1S/C30H28N2O4/c1-5-36-22-14-11-20(12-15-22)28(33)26-27(24-17-31(4)25-9-7-6-8-23(24)25)32(30(35)29(26)34)21-13-10-18(2)19(3)16-21/h6-17,27,33H,5H2,1-4H3/b28-26+. The number of carbonyl (C=O) groups is 2. The van der Waals surface area contributed by atoms with E-state index in [4.69, 9.17) is 4.74 Å². The molecule has 1 unspecified atom stereocenters. The molecule has 1 aliphatic heterocycles. The molecule has 1 aromatic heterocycles. The summed E-state index contributed by atoms with van der Waals surface area (Å²) in [5.41, 5.74) is 4.98. The van der Waals surface area contributed by atoms with Crippen molar-refractivity contribution in [3.63, 3.8) is 0 Å². The van der Waals surface area contributed by atoms with Gasteiger partial charge in [-0.15, -0.1) is 0 Å². The Kier molecular flexibility index (Phi) is 5.88. The first-order valence-corrected chi connectivity index (χ1v) is 12.0. The van der Waals surface area contributed by atoms with Gasteiger partial charge in [0.05, 0.1) is 18.2 Å². The van der Waals surface area contributed by atoms with Crippen molar-refractivity contribution in [2.75, 3.05) is 11.5 Å². The van der Waals surface area contributed by atoms with Crippen LogP contribution in [0.15, 0.2) is 78.5 Å². The summed E-state index contributed by atoms with van der Waals surface area (Å²) in [7, 11) is 1.93. The highest BCUT2D eigenvalue weighted by Crippen LogP contribution is 2.45. The quantitative estimate of drug-likeness (QED) is 0.222. The molecule has 5 rings (SSSR count). The molecule has 6 nitrogen and oxygen atoms in total. The lowest BCUT2D eigenvalue weighted by Crippen LogP contribution is -2.29. The maximum atomic E-state index is 13.5. The lowest BCUT2D eigenvalue weighted by Gasteiger charge is -2.25. The van der Waals surface area contributed by atoms with Crippen LogP contribution in [0.1, 0.15) is 35.2 Å². The largest absolute Gasteiger partial charge is 0.507 e. The van der Waals surface area contributed by atoms with Gasteiger partial charge < -0.3 is 14.4 Å². The van der Waals surface area contributed by atoms with Crippen LogP contribution in [0.25, 0.3) is 16.7 Å². The third-order valence-electron chi connectivity index (χ3n) is 6.87. The summed E-state index contributed by atoms with van der Waals surface area (Å²) >= 11 is 0. The number of aliphatic hydroxyl groups excluding tert-OH is 1. The number of benzene rings is 3. The van der Waals surface area contributed by atoms with E-state index in [1.54, 1.807) is 24.3 Å². The van der Waals surface area contributed by atoms with Gasteiger partial charge >= 0.3 is 0 Å². The fraction of sp³-hybridized carbons (Fsp3) is 0.200. The molecule has 1 atom stereocenters. The first kappa shape index (κ1) is 23.4. The van der Waals surface area contributed by atoms with Crippen LogP contribution in [0.2, 0.25) is 0 Å². The summed E-state index contributed by atoms with van der Waals surface area (Å²) < 4.78 is 7.49. The van der Waals surface area contributed by atoms with Crippen molar-refractivity contribution in [3.8, 4) is 5.75 Å². The molecule has 182 valence electrons. The smallest absolute Gasteiger partial charge is 0.300 e. The summed E-state index contributed by atoms with van der Waals surface area (Å²) in [5, 5.41) is 12.4. The number of para-hydroxylation sites is 1. The van der Waals surface area contributed by atoms with Crippen molar-refractivity contribution < 1.29 is 19.4 Å². The molecule has 1 saturated heterocycles. The van der Waals surface area contributed by atoms with Gasteiger partial charge in [-0.25, -0.2) is 0 Å². The van der Waals surface area contributed by atoms with Crippen LogP contribution in [0.5, 0.6) is 5.75 Å². The number of aryl methyl sites for hydroxylation is 3. The van der Waals surface area contributed by atoms with E-state index in [2.05, 4.69) is 0 Å². The fourth-order valence-electron chi connectivity index (χ4n) is 4.89. The lowest BCUT2D eigenvalue weighted by atomic mass is 9.94. The highest BCUT2D eigenvalue weighted by Gasteiger charge is 2.48. The predicted octanol–water partition coefficient (Wildman–Crippen LogP) is 5.82. The number of fused-ring (bicyclic) bond motifs is 1. The zero-order valence-corrected chi connectivity index (χ0v) is 20.8. The molecule has 1 fully saturated rings. The molecule has 1 N–H and O–H groups in total. The molecule has 6 heteroatoms. The van der Waals surface area contributed by atoms with Gasteiger partial charge in [-0.1, -0.05) is 24.3 Å². The van der Waals surface area contributed by atoms with Gasteiger partial charge in [0.2, 0.25) is 0 Å². The van der Waals surface area contributed by atoms with Crippen molar-refractivity contribution in [2.45, 2.75) is 26.8 Å². The molecule has 1 amide bonds. The van der Waals surface area contributed by atoms with Gasteiger partial charge in [-0.3, -0.25) is 14.5 Å². The van der Waals surface area contributed by atoms with Crippen LogP contribution in [0.4, 0.5) is 5.69 Å². The van der Waals surface area contributed by atoms with E-state index in [-0.39, 0.29) is 11.3 Å². The summed E-state index contributed by atoms with van der Waals surface area (Å²) in [6.07, 6.45) is 1.93. The number of carbonyl (C=O) groups excluding carboxylic acids is 2. The summed E-state index contributed by atoms with van der Waals surface area (Å²) in [5.74, 6) is -0.919. The number of ether oxygens (including phenoxy) is 1. The number of amides is 1. The Hall–Kier alpha value is -4.32. The third kappa shape index (κ3) is 3.75. The average molecular weight is 481 g/mol. The van der Waals surface area contributed by atoms with Crippen LogP contribution >= 0.6 is 0 Å². The van der Waals surface area contributed by atoms with Gasteiger partial charge in [-0.2, -0.15) is 0 Å². The average Bonchev–Trinajstić information content (AvgIpc) is 3.34. The monoisotopic (exact) mass is 480 g/mol. The molecule has 1 aliphatic rings. The number of aromatic nitrogens is 1. The van der Waals surface area contributed by atoms with E-state index in [0.29, 0.717) is 23.6 Å². The Morgan fingerprint density at radius 2 is 1.69 bits per heavy atom. The van der Waals surface area contributed by atoms with Gasteiger partial charge in [-0.05, 0) is 74.4 Å². The normalized spacial score (nSPS) is 17.2. The van der Waals surface area contributed by atoms with Gasteiger partial charge in [0.25, 0.3) is 11.7 Å². The number of hydrogen-bond acceptors (Lipinski definition) is 4. The van der Waals surface area contributed by atoms with Crippen LogP contribution in [0.3, 0.4) is 0 Å². The SMILES string of the molecule is CCOc1ccc(/C(O)=C2\C(=O)C(=O)N(c3ccc(C)c(C)c3)C2c2cn(C)c3ccccc23)cc1. The Labute approximate surface area is 210 Å². The minimum atomic E-state index is -0.787. The van der Waals surface area contributed by atoms with Crippen molar-refractivity contribution in [1.82, 2.24) is 4.57 Å². The maximum absolute atomic E-state index is 13.5. The number of anilines is 1. The molecule has 0 saturated carbocycles. The highest BCUT2D eigenvalue weighted by atomic mass is 16.5. The predicted molar refractivity (Wildman–Crippen MR) is 141 cm³/mol. The number of rotatable bonds is 5. The third-order valence-corrected chi connectivity index (χ3v) is 6.87. The number of hydrogen-bond donors (Lipinski definition) is 1. The molecular formula is C30H28N2O4. The number of aliphatic hydroxyl groups is 1. The van der Waals surface area contributed by atoms with Crippen molar-refractivity contribution in [3.05, 3.63) is 101 Å². The fourth-order valence-corrected chi connectivity index (χ4v) is 4.89. The second-order valence-corrected chi connectivity index (χ2v) is 9.11. The number of Topliss-reactive ketones (excluding diaryl/α,β-unsaturated/α-hetero) is 1. The zero-order chi connectivity index (χ0) is 25.6. The number of nitrogens with zero attached hydrogens (tertiary/aromatic N) is 2. The van der Waals surface area contributed by atoms with E-state index in [1.807, 2.05) is 81.0 Å². The summed E-state index contributed by atoms with van der Waals surface area (Å²) in [4.78, 5) is 28.5. The molecule has 36 heavy (non-hydrogen) atoms. The second-order valence-electron chi connectivity index (χ2n) is 9.11. The molecule has 2 heterocycles.